The molecule has 1 amide bonds. The SMILES string of the molecule is COc1cc(C=NNC(=O)c2[nH]c3c(I)cccc3c2-c2ccccc2Cl)ccc1OC(=O)c1ccc(C)cc1. The highest BCUT2D eigenvalue weighted by atomic mass is 127. The fourth-order valence-corrected chi connectivity index (χ4v) is 5.08. The van der Waals surface area contributed by atoms with E-state index in [0.29, 0.717) is 33.2 Å². The summed E-state index contributed by atoms with van der Waals surface area (Å²) < 4.78 is 11.9. The number of rotatable bonds is 7. The maximum Gasteiger partial charge on any atom is 0.343 e. The normalized spacial score (nSPS) is 11.1. The molecule has 0 saturated carbocycles. The molecule has 5 rings (SSSR count). The molecule has 0 unspecified atom stereocenters. The molecule has 1 aromatic heterocycles. The van der Waals surface area contributed by atoms with Crippen molar-refractivity contribution in [2.75, 3.05) is 7.11 Å². The van der Waals surface area contributed by atoms with Crippen LogP contribution < -0.4 is 14.9 Å². The number of benzene rings is 4. The summed E-state index contributed by atoms with van der Waals surface area (Å²) in [5.74, 6) is -0.295. The fourth-order valence-electron chi connectivity index (χ4n) is 4.21. The lowest BCUT2D eigenvalue weighted by Gasteiger charge is -2.10. The molecule has 1 heterocycles. The second kappa shape index (κ2) is 11.9. The number of nitrogens with zero attached hydrogens (tertiary/aromatic N) is 1. The van der Waals surface area contributed by atoms with Crippen molar-refractivity contribution in [2.45, 2.75) is 6.92 Å². The van der Waals surface area contributed by atoms with Crippen molar-refractivity contribution < 1.29 is 19.1 Å². The first kappa shape index (κ1) is 27.4. The van der Waals surface area contributed by atoms with E-state index in [1.165, 1.54) is 13.3 Å². The zero-order chi connectivity index (χ0) is 28.2. The Bertz CT molecular complexity index is 1760. The number of hydrazone groups is 1. The zero-order valence-electron chi connectivity index (χ0n) is 21.5. The Hall–Kier alpha value is -4.15. The lowest BCUT2D eigenvalue weighted by Crippen LogP contribution is -2.19. The second-order valence-electron chi connectivity index (χ2n) is 8.88. The number of carbonyl (C=O) groups is 2. The molecule has 0 atom stereocenters. The Kier molecular flexibility index (Phi) is 8.18. The zero-order valence-corrected chi connectivity index (χ0v) is 24.4. The number of aryl methyl sites for hydroxylation is 1. The van der Waals surface area contributed by atoms with Crippen LogP contribution in [0.1, 0.15) is 32.0 Å². The molecule has 40 heavy (non-hydrogen) atoms. The Balaban J connectivity index is 1.37. The molecule has 4 aromatic carbocycles. The fraction of sp³-hybridized carbons (Fsp3) is 0.0645. The first-order valence-corrected chi connectivity index (χ1v) is 13.7. The van der Waals surface area contributed by atoms with Gasteiger partial charge in [-0.05, 0) is 77.5 Å². The lowest BCUT2D eigenvalue weighted by atomic mass is 10.0. The third-order valence-corrected chi connectivity index (χ3v) is 7.44. The molecule has 2 N–H and O–H groups in total. The lowest BCUT2D eigenvalue weighted by molar-refractivity contribution is 0.0729. The van der Waals surface area contributed by atoms with Gasteiger partial charge in [-0.2, -0.15) is 5.10 Å². The van der Waals surface area contributed by atoms with Gasteiger partial charge in [0.15, 0.2) is 11.5 Å². The van der Waals surface area contributed by atoms with Gasteiger partial charge in [-0.15, -0.1) is 0 Å². The van der Waals surface area contributed by atoms with Gasteiger partial charge in [-0.3, -0.25) is 4.79 Å². The molecule has 0 aliphatic rings. The molecular weight excluding hydrogens is 641 g/mol. The number of hydrogen-bond acceptors (Lipinski definition) is 5. The molecule has 0 aliphatic heterocycles. The van der Waals surface area contributed by atoms with Crippen LogP contribution in [0.2, 0.25) is 5.02 Å². The monoisotopic (exact) mass is 663 g/mol. The van der Waals surface area contributed by atoms with E-state index in [1.807, 2.05) is 55.5 Å². The highest BCUT2D eigenvalue weighted by Crippen LogP contribution is 2.38. The minimum atomic E-state index is -0.491. The van der Waals surface area contributed by atoms with Crippen LogP contribution in [0.4, 0.5) is 0 Å². The number of carbonyl (C=O) groups excluding carboxylic acids is 2. The van der Waals surface area contributed by atoms with Crippen LogP contribution >= 0.6 is 34.2 Å². The van der Waals surface area contributed by atoms with Gasteiger partial charge in [0.1, 0.15) is 5.69 Å². The maximum atomic E-state index is 13.3. The van der Waals surface area contributed by atoms with Gasteiger partial charge in [-0.1, -0.05) is 59.6 Å². The van der Waals surface area contributed by atoms with Gasteiger partial charge in [0.05, 0.1) is 24.4 Å². The number of aromatic amines is 1. The molecular formula is C31H23ClIN3O4. The minimum absolute atomic E-state index is 0.270. The van der Waals surface area contributed by atoms with Gasteiger partial charge in [0.2, 0.25) is 0 Å². The number of para-hydroxylation sites is 1. The molecule has 0 fully saturated rings. The molecule has 0 radical (unpaired) electrons. The summed E-state index contributed by atoms with van der Waals surface area (Å²) in [6, 6.07) is 25.3. The smallest absolute Gasteiger partial charge is 0.343 e. The van der Waals surface area contributed by atoms with Crippen LogP contribution in [-0.2, 0) is 0 Å². The molecule has 0 bridgehead atoms. The van der Waals surface area contributed by atoms with Crippen molar-refractivity contribution in [2.24, 2.45) is 5.10 Å². The molecule has 7 nitrogen and oxygen atoms in total. The third kappa shape index (κ3) is 5.73. The molecule has 0 aliphatic carbocycles. The van der Waals surface area contributed by atoms with E-state index in [9.17, 15) is 9.59 Å². The summed E-state index contributed by atoms with van der Waals surface area (Å²) in [7, 11) is 1.48. The van der Waals surface area contributed by atoms with Crippen molar-refractivity contribution in [3.8, 4) is 22.6 Å². The van der Waals surface area contributed by atoms with Crippen molar-refractivity contribution in [3.05, 3.63) is 116 Å². The van der Waals surface area contributed by atoms with Gasteiger partial charge < -0.3 is 14.5 Å². The molecule has 9 heteroatoms. The number of H-pyrrole nitrogens is 1. The first-order valence-electron chi connectivity index (χ1n) is 12.2. The Morgan fingerprint density at radius 3 is 2.50 bits per heavy atom. The minimum Gasteiger partial charge on any atom is -0.493 e. The van der Waals surface area contributed by atoms with Crippen LogP contribution in [0, 0.1) is 10.5 Å². The van der Waals surface area contributed by atoms with E-state index in [2.05, 4.69) is 38.1 Å². The number of amides is 1. The molecule has 0 spiro atoms. The first-order chi connectivity index (χ1) is 19.4. The van der Waals surface area contributed by atoms with Crippen LogP contribution in [0.15, 0.2) is 90.0 Å². The number of halogens is 2. The van der Waals surface area contributed by atoms with Gasteiger partial charge in [-0.25, -0.2) is 10.2 Å². The van der Waals surface area contributed by atoms with Crippen molar-refractivity contribution in [1.29, 1.82) is 0 Å². The summed E-state index contributed by atoms with van der Waals surface area (Å²) in [5, 5.41) is 5.57. The van der Waals surface area contributed by atoms with Gasteiger partial charge in [0.25, 0.3) is 5.91 Å². The number of nitrogens with one attached hydrogen (secondary N) is 2. The number of esters is 1. The average Bonchev–Trinajstić information content (AvgIpc) is 3.35. The summed E-state index contributed by atoms with van der Waals surface area (Å²) in [6.07, 6.45) is 1.48. The second-order valence-corrected chi connectivity index (χ2v) is 10.5. The number of fused-ring (bicyclic) bond motifs is 1. The van der Waals surface area contributed by atoms with Crippen molar-refractivity contribution in [1.82, 2.24) is 10.4 Å². The number of methoxy groups -OCH3 is 1. The van der Waals surface area contributed by atoms with Gasteiger partial charge >= 0.3 is 5.97 Å². The largest absolute Gasteiger partial charge is 0.493 e. The highest BCUT2D eigenvalue weighted by molar-refractivity contribution is 14.1. The van der Waals surface area contributed by atoms with Crippen LogP contribution in [0.25, 0.3) is 22.0 Å². The Morgan fingerprint density at radius 2 is 1.75 bits per heavy atom. The summed E-state index contributed by atoms with van der Waals surface area (Å²) in [6.45, 7) is 1.94. The van der Waals surface area contributed by atoms with E-state index in [0.717, 1.165) is 25.6 Å². The highest BCUT2D eigenvalue weighted by Gasteiger charge is 2.21. The van der Waals surface area contributed by atoms with Crippen molar-refractivity contribution >= 4 is 63.2 Å². The van der Waals surface area contributed by atoms with E-state index >= 15 is 0 Å². The van der Waals surface area contributed by atoms with E-state index in [-0.39, 0.29) is 5.75 Å². The molecule has 5 aromatic rings. The van der Waals surface area contributed by atoms with E-state index in [1.54, 1.807) is 36.4 Å². The summed E-state index contributed by atoms with van der Waals surface area (Å²) in [5.41, 5.74) is 7.34. The van der Waals surface area contributed by atoms with Gasteiger partial charge in [0, 0.05) is 25.1 Å². The maximum absolute atomic E-state index is 13.3. The number of ether oxygens (including phenoxy) is 2. The molecule has 200 valence electrons. The number of hydrogen-bond donors (Lipinski definition) is 2. The Morgan fingerprint density at radius 1 is 0.975 bits per heavy atom. The Labute approximate surface area is 249 Å². The quantitative estimate of drug-likeness (QED) is 0.0625. The average molecular weight is 664 g/mol. The van der Waals surface area contributed by atoms with Crippen molar-refractivity contribution in [3.63, 3.8) is 0 Å². The summed E-state index contributed by atoms with van der Waals surface area (Å²) >= 11 is 8.74. The van der Waals surface area contributed by atoms with E-state index < -0.39 is 11.9 Å². The standard InChI is InChI=1S/C31H23ClIN3O4/c1-18-10-13-20(14-11-18)31(38)40-25-15-12-19(16-26(25)39-2)17-34-36-30(37)29-27(21-6-3-4-8-23(21)32)22-7-5-9-24(33)28(22)35-29/h3-17,35H,1-2H3,(H,36,37). The van der Waals surface area contributed by atoms with Crippen LogP contribution in [-0.4, -0.2) is 30.2 Å². The third-order valence-electron chi connectivity index (χ3n) is 6.21. The predicted octanol–water partition coefficient (Wildman–Crippen LogP) is 7.39. The topological polar surface area (TPSA) is 92.8 Å². The van der Waals surface area contributed by atoms with Crippen LogP contribution in [0.5, 0.6) is 11.5 Å². The summed E-state index contributed by atoms with van der Waals surface area (Å²) in [4.78, 5) is 29.1. The van der Waals surface area contributed by atoms with E-state index in [4.69, 9.17) is 21.1 Å². The number of aromatic nitrogens is 1. The van der Waals surface area contributed by atoms with Crippen LogP contribution in [0.3, 0.4) is 0 Å². The predicted molar refractivity (Wildman–Crippen MR) is 166 cm³/mol. The molecule has 0 saturated heterocycles.